The van der Waals surface area contributed by atoms with Gasteiger partial charge in [-0.15, -0.1) is 0 Å². The molecule has 1 nitrogen and oxygen atoms in total. The van der Waals surface area contributed by atoms with Gasteiger partial charge in [-0.25, -0.2) is 0 Å². The second kappa shape index (κ2) is 1.34. The van der Waals surface area contributed by atoms with Gasteiger partial charge >= 0.3 is 0 Å². The highest BCUT2D eigenvalue weighted by Gasteiger charge is 2.56. The third kappa shape index (κ3) is 0.493. The molecule has 2 saturated carbocycles. The highest BCUT2D eigenvalue weighted by Crippen LogP contribution is 2.53. The minimum Gasteiger partial charge on any atom is -0.369 e. The largest absolute Gasteiger partial charge is 0.369 e. The molecule has 0 aromatic rings. The average molecular weight is 124 g/mol. The second-order valence-electron chi connectivity index (χ2n) is 3.73. The van der Waals surface area contributed by atoms with Crippen LogP contribution in [-0.2, 0) is 4.74 Å². The molecule has 0 amide bonds. The van der Waals surface area contributed by atoms with Crippen molar-refractivity contribution < 1.29 is 4.74 Å². The molecule has 4 unspecified atom stereocenters. The fraction of sp³-hybridized carbons (Fsp3) is 1.00. The van der Waals surface area contributed by atoms with Crippen LogP contribution in [0.15, 0.2) is 0 Å². The molecule has 9 heavy (non-hydrogen) atoms. The molecule has 0 aromatic heterocycles. The lowest BCUT2D eigenvalue weighted by atomic mass is 10.00. The van der Waals surface area contributed by atoms with Crippen molar-refractivity contribution in [2.75, 3.05) is 0 Å². The highest BCUT2D eigenvalue weighted by molar-refractivity contribution is 5.04. The van der Waals surface area contributed by atoms with Crippen LogP contribution in [0, 0.1) is 11.8 Å². The van der Waals surface area contributed by atoms with Gasteiger partial charge in [0.15, 0.2) is 0 Å². The Bertz CT molecular complexity index is 144. The Morgan fingerprint density at radius 2 is 2.22 bits per heavy atom. The van der Waals surface area contributed by atoms with E-state index < -0.39 is 0 Å². The lowest BCUT2D eigenvalue weighted by Crippen LogP contribution is -2.06. The van der Waals surface area contributed by atoms with Gasteiger partial charge in [0, 0.05) is 0 Å². The molecule has 0 spiro atoms. The van der Waals surface area contributed by atoms with Crippen LogP contribution in [0.5, 0.6) is 0 Å². The SMILES string of the molecule is C1CC2CC3OC3C2C1. The van der Waals surface area contributed by atoms with E-state index in [4.69, 9.17) is 4.74 Å². The van der Waals surface area contributed by atoms with Gasteiger partial charge in [-0.05, 0) is 31.1 Å². The van der Waals surface area contributed by atoms with Crippen molar-refractivity contribution in [1.82, 2.24) is 0 Å². The van der Waals surface area contributed by atoms with Crippen LogP contribution in [0.4, 0.5) is 0 Å². The topological polar surface area (TPSA) is 12.5 Å². The summed E-state index contributed by atoms with van der Waals surface area (Å²) in [6.07, 6.45) is 7.29. The Balaban J connectivity index is 1.88. The molecular formula is C8H12O. The zero-order valence-electron chi connectivity index (χ0n) is 5.55. The number of rotatable bonds is 0. The summed E-state index contributed by atoms with van der Waals surface area (Å²) in [7, 11) is 0. The van der Waals surface area contributed by atoms with E-state index in [1.807, 2.05) is 0 Å². The summed E-state index contributed by atoms with van der Waals surface area (Å²) in [5.41, 5.74) is 0. The normalized spacial score (nSPS) is 61.3. The van der Waals surface area contributed by atoms with Gasteiger partial charge in [-0.1, -0.05) is 6.42 Å². The molecule has 1 heteroatoms. The monoisotopic (exact) mass is 124 g/mol. The first-order chi connectivity index (χ1) is 4.45. The fourth-order valence-electron chi connectivity index (χ4n) is 2.81. The Morgan fingerprint density at radius 1 is 1.22 bits per heavy atom. The average Bonchev–Trinajstić information content (AvgIpc) is 2.38. The Kier molecular flexibility index (Phi) is 0.704. The van der Waals surface area contributed by atoms with E-state index in [9.17, 15) is 0 Å². The van der Waals surface area contributed by atoms with Crippen LogP contribution < -0.4 is 0 Å². The molecule has 1 saturated heterocycles. The predicted octanol–water partition coefficient (Wildman–Crippen LogP) is 1.57. The first-order valence-corrected chi connectivity index (χ1v) is 4.10. The van der Waals surface area contributed by atoms with E-state index in [-0.39, 0.29) is 0 Å². The van der Waals surface area contributed by atoms with Crippen molar-refractivity contribution in [3.8, 4) is 0 Å². The van der Waals surface area contributed by atoms with E-state index in [0.717, 1.165) is 24.0 Å². The maximum absolute atomic E-state index is 5.47. The molecule has 1 heterocycles. The minimum atomic E-state index is 0.722. The molecule has 3 fully saturated rings. The highest BCUT2D eigenvalue weighted by atomic mass is 16.6. The second-order valence-corrected chi connectivity index (χ2v) is 3.73. The van der Waals surface area contributed by atoms with Crippen molar-refractivity contribution in [2.24, 2.45) is 11.8 Å². The smallest absolute Gasteiger partial charge is 0.0872 e. The van der Waals surface area contributed by atoms with Crippen molar-refractivity contribution in [3.05, 3.63) is 0 Å². The van der Waals surface area contributed by atoms with E-state index in [1.165, 1.54) is 25.7 Å². The van der Waals surface area contributed by atoms with Crippen LogP contribution in [-0.4, -0.2) is 12.2 Å². The molecule has 50 valence electrons. The van der Waals surface area contributed by atoms with Gasteiger partial charge in [-0.2, -0.15) is 0 Å². The molecule has 0 radical (unpaired) electrons. The van der Waals surface area contributed by atoms with Gasteiger partial charge in [0.2, 0.25) is 0 Å². The zero-order chi connectivity index (χ0) is 5.84. The number of hydrogen-bond donors (Lipinski definition) is 0. The summed E-state index contributed by atoms with van der Waals surface area (Å²) >= 11 is 0. The third-order valence-corrected chi connectivity index (χ3v) is 3.30. The van der Waals surface area contributed by atoms with E-state index in [2.05, 4.69) is 0 Å². The van der Waals surface area contributed by atoms with Gasteiger partial charge in [-0.3, -0.25) is 0 Å². The lowest BCUT2D eigenvalue weighted by molar-refractivity contribution is 0.225. The quantitative estimate of drug-likeness (QED) is 0.446. The van der Waals surface area contributed by atoms with Crippen molar-refractivity contribution in [1.29, 1.82) is 0 Å². The Labute approximate surface area is 55.4 Å². The van der Waals surface area contributed by atoms with Crippen LogP contribution in [0.3, 0.4) is 0 Å². The zero-order valence-corrected chi connectivity index (χ0v) is 5.55. The van der Waals surface area contributed by atoms with Crippen molar-refractivity contribution >= 4 is 0 Å². The number of fused-ring (bicyclic) bond motifs is 3. The predicted molar refractivity (Wildman–Crippen MR) is 34.1 cm³/mol. The van der Waals surface area contributed by atoms with Gasteiger partial charge in [0.1, 0.15) is 0 Å². The summed E-state index contributed by atoms with van der Waals surface area (Å²) in [5, 5.41) is 0. The van der Waals surface area contributed by atoms with Crippen LogP contribution in [0.2, 0.25) is 0 Å². The van der Waals surface area contributed by atoms with E-state index in [1.54, 1.807) is 0 Å². The lowest BCUT2D eigenvalue weighted by Gasteiger charge is -2.09. The van der Waals surface area contributed by atoms with E-state index >= 15 is 0 Å². The van der Waals surface area contributed by atoms with Crippen LogP contribution in [0.1, 0.15) is 25.7 Å². The van der Waals surface area contributed by atoms with Gasteiger partial charge in [0.25, 0.3) is 0 Å². The fourth-order valence-corrected chi connectivity index (χ4v) is 2.81. The van der Waals surface area contributed by atoms with Crippen LogP contribution in [0.25, 0.3) is 0 Å². The van der Waals surface area contributed by atoms with Crippen LogP contribution >= 0.6 is 0 Å². The standard InChI is InChI=1S/C8H12O/c1-2-5-4-7-8(9-7)6(5)3-1/h5-8H,1-4H2. The van der Waals surface area contributed by atoms with Crippen molar-refractivity contribution in [3.63, 3.8) is 0 Å². The maximum atomic E-state index is 5.47. The van der Waals surface area contributed by atoms with Gasteiger partial charge < -0.3 is 4.74 Å². The summed E-state index contributed by atoms with van der Waals surface area (Å²) in [6, 6.07) is 0. The Morgan fingerprint density at radius 3 is 3.11 bits per heavy atom. The molecule has 0 N–H and O–H groups in total. The summed E-state index contributed by atoms with van der Waals surface area (Å²) in [6.45, 7) is 0. The Hall–Kier alpha value is -0.0400. The summed E-state index contributed by atoms with van der Waals surface area (Å²) < 4.78 is 5.47. The molecular weight excluding hydrogens is 112 g/mol. The molecule has 0 aromatic carbocycles. The van der Waals surface area contributed by atoms with Gasteiger partial charge in [0.05, 0.1) is 12.2 Å². The number of ether oxygens (including phenoxy) is 1. The third-order valence-electron chi connectivity index (χ3n) is 3.30. The van der Waals surface area contributed by atoms with E-state index in [0.29, 0.717) is 0 Å². The molecule has 3 aliphatic rings. The summed E-state index contributed by atoms with van der Waals surface area (Å²) in [4.78, 5) is 0. The number of hydrogen-bond acceptors (Lipinski definition) is 1. The molecule has 4 atom stereocenters. The first-order valence-electron chi connectivity index (χ1n) is 4.10. The first kappa shape index (κ1) is 4.73. The minimum absolute atomic E-state index is 0.722. The number of epoxide rings is 1. The molecule has 2 aliphatic carbocycles. The molecule has 3 rings (SSSR count). The molecule has 1 aliphatic heterocycles. The van der Waals surface area contributed by atoms with Crippen molar-refractivity contribution in [2.45, 2.75) is 37.9 Å². The molecule has 0 bridgehead atoms. The summed E-state index contributed by atoms with van der Waals surface area (Å²) in [5.74, 6) is 2.07. The maximum Gasteiger partial charge on any atom is 0.0872 e.